The number of rotatable bonds is 6. The molecule has 0 bridgehead atoms. The zero-order chi connectivity index (χ0) is 20.2. The van der Waals surface area contributed by atoms with Crippen LogP contribution in [0.5, 0.6) is 0 Å². The van der Waals surface area contributed by atoms with Crippen LogP contribution in [0.25, 0.3) is 0 Å². The summed E-state index contributed by atoms with van der Waals surface area (Å²) >= 11 is 2.83. The highest BCUT2D eigenvalue weighted by molar-refractivity contribution is 7.16. The summed E-state index contributed by atoms with van der Waals surface area (Å²) in [6, 6.07) is 14.7. The van der Waals surface area contributed by atoms with Gasteiger partial charge in [0.15, 0.2) is 6.17 Å². The molecule has 0 spiro atoms. The summed E-state index contributed by atoms with van der Waals surface area (Å²) < 4.78 is 0. The third-order valence-corrected chi connectivity index (χ3v) is 6.99. The van der Waals surface area contributed by atoms with Gasteiger partial charge in [0.2, 0.25) is 5.78 Å². The SMILES string of the molecule is N#Cc1c(N[C@@H](NC(=O)c2cccs2)C(=O)c2ccccc2)sc2c1CCCC2. The molecule has 2 aromatic heterocycles. The number of thiophene rings is 2. The van der Waals surface area contributed by atoms with Crippen molar-refractivity contribution in [3.05, 3.63) is 74.3 Å². The molecule has 1 aromatic carbocycles. The Kier molecular flexibility index (Phi) is 5.74. The van der Waals surface area contributed by atoms with E-state index in [0.717, 1.165) is 31.2 Å². The quantitative estimate of drug-likeness (QED) is 0.450. The highest BCUT2D eigenvalue weighted by atomic mass is 32.1. The Labute approximate surface area is 177 Å². The first-order valence-corrected chi connectivity index (χ1v) is 11.1. The van der Waals surface area contributed by atoms with Gasteiger partial charge in [-0.1, -0.05) is 36.4 Å². The molecule has 7 heteroatoms. The average molecular weight is 422 g/mol. The number of Topliss-reactive ketones (excluding diaryl/α,β-unsaturated/α-hetero) is 1. The molecule has 1 amide bonds. The zero-order valence-electron chi connectivity index (χ0n) is 15.6. The van der Waals surface area contributed by atoms with E-state index >= 15 is 0 Å². The van der Waals surface area contributed by atoms with Gasteiger partial charge >= 0.3 is 0 Å². The largest absolute Gasteiger partial charge is 0.349 e. The van der Waals surface area contributed by atoms with Gasteiger partial charge in [-0.05, 0) is 42.7 Å². The van der Waals surface area contributed by atoms with Crippen LogP contribution in [0.15, 0.2) is 47.8 Å². The number of hydrogen-bond donors (Lipinski definition) is 2. The molecular formula is C22H19N3O2S2. The normalized spacial score (nSPS) is 13.8. The molecule has 1 aliphatic carbocycles. The summed E-state index contributed by atoms with van der Waals surface area (Å²) in [6.45, 7) is 0. The van der Waals surface area contributed by atoms with E-state index in [1.54, 1.807) is 36.4 Å². The lowest BCUT2D eigenvalue weighted by atomic mass is 9.96. The summed E-state index contributed by atoms with van der Waals surface area (Å²) in [7, 11) is 0. The van der Waals surface area contributed by atoms with E-state index in [4.69, 9.17) is 0 Å². The number of nitrogens with one attached hydrogen (secondary N) is 2. The van der Waals surface area contributed by atoms with E-state index in [2.05, 4.69) is 16.7 Å². The average Bonchev–Trinajstić information content (AvgIpc) is 3.41. The van der Waals surface area contributed by atoms with Crippen LogP contribution in [-0.4, -0.2) is 17.9 Å². The molecule has 2 heterocycles. The molecule has 0 saturated carbocycles. The van der Waals surface area contributed by atoms with Crippen molar-refractivity contribution in [2.24, 2.45) is 0 Å². The van der Waals surface area contributed by atoms with Crippen LogP contribution in [0.2, 0.25) is 0 Å². The van der Waals surface area contributed by atoms with Gasteiger partial charge in [-0.3, -0.25) is 9.59 Å². The van der Waals surface area contributed by atoms with Crippen LogP contribution in [0.3, 0.4) is 0 Å². The predicted octanol–water partition coefficient (Wildman–Crippen LogP) is 4.61. The van der Waals surface area contributed by atoms with Crippen molar-refractivity contribution in [3.8, 4) is 6.07 Å². The van der Waals surface area contributed by atoms with Crippen molar-refractivity contribution >= 4 is 39.4 Å². The summed E-state index contributed by atoms with van der Waals surface area (Å²) in [5.74, 6) is -0.563. The molecule has 1 atom stereocenters. The first kappa shape index (κ1) is 19.4. The molecule has 29 heavy (non-hydrogen) atoms. The molecule has 0 saturated heterocycles. The molecule has 5 nitrogen and oxygen atoms in total. The minimum absolute atomic E-state index is 0.245. The van der Waals surface area contributed by atoms with Gasteiger partial charge in [0.1, 0.15) is 11.1 Å². The molecule has 2 N–H and O–H groups in total. The topological polar surface area (TPSA) is 82.0 Å². The minimum atomic E-state index is -0.959. The van der Waals surface area contributed by atoms with Gasteiger partial charge in [0.25, 0.3) is 5.91 Å². The van der Waals surface area contributed by atoms with Gasteiger partial charge in [-0.2, -0.15) is 5.26 Å². The summed E-state index contributed by atoms with van der Waals surface area (Å²) in [6.07, 6.45) is 3.06. The number of carbonyl (C=O) groups excluding carboxylic acids is 2. The predicted molar refractivity (Wildman–Crippen MR) is 116 cm³/mol. The lowest BCUT2D eigenvalue weighted by molar-refractivity contribution is 0.0872. The number of hydrogen-bond acceptors (Lipinski definition) is 6. The lowest BCUT2D eigenvalue weighted by Gasteiger charge is -2.19. The standard InChI is InChI=1S/C22H19N3O2S2/c23-13-16-15-9-4-5-10-17(15)29-22(16)25-20(19(26)14-7-2-1-3-8-14)24-21(27)18-11-6-12-28-18/h1-3,6-8,11-12,20,25H,4-5,9-10H2,(H,24,27)/t20-/m1/s1. The number of benzene rings is 1. The van der Waals surface area contributed by atoms with E-state index in [9.17, 15) is 14.9 Å². The number of amides is 1. The molecule has 1 aliphatic rings. The summed E-state index contributed by atoms with van der Waals surface area (Å²) in [5, 5.41) is 18.2. The molecule has 0 unspecified atom stereocenters. The Morgan fingerprint density at radius 2 is 1.86 bits per heavy atom. The van der Waals surface area contributed by atoms with Crippen molar-refractivity contribution in [1.29, 1.82) is 5.26 Å². The van der Waals surface area contributed by atoms with E-state index in [0.29, 0.717) is 21.0 Å². The van der Waals surface area contributed by atoms with Crippen LogP contribution in [0.1, 0.15) is 48.9 Å². The highest BCUT2D eigenvalue weighted by Crippen LogP contribution is 2.38. The monoisotopic (exact) mass is 421 g/mol. The van der Waals surface area contributed by atoms with Gasteiger partial charge in [0.05, 0.1) is 10.4 Å². The van der Waals surface area contributed by atoms with E-state index in [1.807, 2.05) is 11.4 Å². The maximum absolute atomic E-state index is 13.1. The van der Waals surface area contributed by atoms with Crippen molar-refractivity contribution < 1.29 is 9.59 Å². The third-order valence-electron chi connectivity index (χ3n) is 4.90. The molecule has 3 aromatic rings. The summed E-state index contributed by atoms with van der Waals surface area (Å²) in [4.78, 5) is 27.5. The van der Waals surface area contributed by atoms with Crippen LogP contribution >= 0.6 is 22.7 Å². The van der Waals surface area contributed by atoms with Crippen molar-refractivity contribution in [2.75, 3.05) is 5.32 Å². The Morgan fingerprint density at radius 3 is 2.59 bits per heavy atom. The fourth-order valence-corrected chi connectivity index (χ4v) is 5.36. The first-order chi connectivity index (χ1) is 14.2. The van der Waals surface area contributed by atoms with Crippen molar-refractivity contribution in [2.45, 2.75) is 31.8 Å². The highest BCUT2D eigenvalue weighted by Gasteiger charge is 2.27. The van der Waals surface area contributed by atoms with Gasteiger partial charge in [-0.25, -0.2) is 0 Å². The first-order valence-electron chi connectivity index (χ1n) is 9.42. The number of carbonyl (C=O) groups is 2. The van der Waals surface area contributed by atoms with Gasteiger partial charge in [0, 0.05) is 10.4 Å². The molecule has 0 aliphatic heterocycles. The molecule has 0 fully saturated rings. The minimum Gasteiger partial charge on any atom is -0.349 e. The number of ketones is 1. The van der Waals surface area contributed by atoms with Gasteiger partial charge < -0.3 is 10.6 Å². The Bertz CT molecular complexity index is 1070. The Morgan fingerprint density at radius 1 is 1.07 bits per heavy atom. The van der Waals surface area contributed by atoms with E-state index < -0.39 is 6.17 Å². The number of aryl methyl sites for hydroxylation is 1. The second-order valence-corrected chi connectivity index (χ2v) is 8.84. The van der Waals surface area contributed by atoms with Crippen LogP contribution in [0.4, 0.5) is 5.00 Å². The maximum atomic E-state index is 13.1. The van der Waals surface area contributed by atoms with Crippen LogP contribution < -0.4 is 10.6 Å². The Hall–Kier alpha value is -2.95. The number of nitriles is 1. The molecule has 0 radical (unpaired) electrons. The maximum Gasteiger partial charge on any atom is 0.263 e. The molecular weight excluding hydrogens is 402 g/mol. The molecule has 146 valence electrons. The second kappa shape index (κ2) is 8.60. The lowest BCUT2D eigenvalue weighted by Crippen LogP contribution is -2.46. The Balaban J connectivity index is 1.65. The van der Waals surface area contributed by atoms with Gasteiger partial charge in [-0.15, -0.1) is 22.7 Å². The third kappa shape index (κ3) is 4.09. The smallest absolute Gasteiger partial charge is 0.263 e. The second-order valence-electron chi connectivity index (χ2n) is 6.79. The van der Waals surface area contributed by atoms with Crippen LogP contribution in [-0.2, 0) is 12.8 Å². The van der Waals surface area contributed by atoms with E-state index in [-0.39, 0.29) is 11.7 Å². The zero-order valence-corrected chi connectivity index (χ0v) is 17.2. The number of nitrogens with zero attached hydrogens (tertiary/aromatic N) is 1. The summed E-state index contributed by atoms with van der Waals surface area (Å²) in [5.41, 5.74) is 2.18. The number of fused-ring (bicyclic) bond motifs is 1. The van der Waals surface area contributed by atoms with E-state index in [1.165, 1.54) is 27.6 Å². The fourth-order valence-electron chi connectivity index (χ4n) is 3.46. The molecule has 4 rings (SSSR count). The van der Waals surface area contributed by atoms with Crippen LogP contribution in [0, 0.1) is 11.3 Å². The van der Waals surface area contributed by atoms with Crippen molar-refractivity contribution in [1.82, 2.24) is 5.32 Å². The number of anilines is 1. The van der Waals surface area contributed by atoms with Crippen molar-refractivity contribution in [3.63, 3.8) is 0 Å². The fraction of sp³-hybridized carbons (Fsp3) is 0.227.